The Kier molecular flexibility index (Phi) is 7.59. The van der Waals surface area contributed by atoms with Crippen LogP contribution in [-0.4, -0.2) is 11.2 Å². The van der Waals surface area contributed by atoms with Gasteiger partial charge in [0.1, 0.15) is 0 Å². The Labute approximate surface area is 70.1 Å². The molecule has 0 aromatic rings. The molecule has 0 bridgehead atoms. The van der Waals surface area contributed by atoms with E-state index in [1.54, 1.807) is 0 Å². The largest absolute Gasteiger partial charge is 0.393 e. The average Bonchev–Trinajstić information content (AvgIpc) is 1.96. The summed E-state index contributed by atoms with van der Waals surface area (Å²) < 4.78 is 0. The van der Waals surface area contributed by atoms with Crippen molar-refractivity contribution >= 4 is 0 Å². The fourth-order valence-electron chi connectivity index (χ4n) is 0.986. The van der Waals surface area contributed by atoms with Crippen molar-refractivity contribution in [2.45, 2.75) is 52.1 Å². The molecule has 66 valence electrons. The average molecular weight is 156 g/mol. The van der Waals surface area contributed by atoms with Gasteiger partial charge in [-0.2, -0.15) is 0 Å². The third kappa shape index (κ3) is 9.70. The van der Waals surface area contributed by atoms with Gasteiger partial charge in [0.15, 0.2) is 0 Å². The third-order valence-electron chi connectivity index (χ3n) is 1.65. The molecule has 0 aromatic carbocycles. The quantitative estimate of drug-likeness (QED) is 0.463. The molecule has 0 saturated carbocycles. The molecule has 0 radical (unpaired) electrons. The standard InChI is InChI=1S/C10H20O/c1-3-4-5-6-7-8-9-10(2)11/h4-5,10-11H,3,6-9H2,1-2H3/b5-4+/t10-/m0/s1. The lowest BCUT2D eigenvalue weighted by atomic mass is 10.1. The lowest BCUT2D eigenvalue weighted by Crippen LogP contribution is -1.97. The second-order valence-electron chi connectivity index (χ2n) is 3.01. The van der Waals surface area contributed by atoms with E-state index in [1.165, 1.54) is 12.8 Å². The molecule has 1 nitrogen and oxygen atoms in total. The Bertz CT molecular complexity index is 95.0. The Morgan fingerprint density at radius 2 is 2.00 bits per heavy atom. The van der Waals surface area contributed by atoms with Gasteiger partial charge in [0.25, 0.3) is 0 Å². The highest BCUT2D eigenvalue weighted by Gasteiger charge is 1.92. The van der Waals surface area contributed by atoms with Crippen LogP contribution in [0, 0.1) is 0 Å². The number of allylic oxidation sites excluding steroid dienone is 2. The molecule has 0 aliphatic rings. The van der Waals surface area contributed by atoms with E-state index in [2.05, 4.69) is 19.1 Å². The van der Waals surface area contributed by atoms with Crippen LogP contribution in [0.25, 0.3) is 0 Å². The van der Waals surface area contributed by atoms with Crippen LogP contribution in [0.15, 0.2) is 12.2 Å². The molecule has 0 heterocycles. The molecule has 0 saturated heterocycles. The summed E-state index contributed by atoms with van der Waals surface area (Å²) in [5, 5.41) is 8.94. The first-order valence-electron chi connectivity index (χ1n) is 4.60. The molecule has 1 atom stereocenters. The molecule has 1 heteroatoms. The minimum Gasteiger partial charge on any atom is -0.393 e. The van der Waals surface area contributed by atoms with E-state index in [0.717, 1.165) is 19.3 Å². The molecule has 0 rings (SSSR count). The van der Waals surface area contributed by atoms with Crippen LogP contribution in [0.4, 0.5) is 0 Å². The van der Waals surface area contributed by atoms with E-state index in [9.17, 15) is 0 Å². The Hall–Kier alpha value is -0.300. The summed E-state index contributed by atoms with van der Waals surface area (Å²) in [6.45, 7) is 3.99. The molecule has 0 spiro atoms. The predicted molar refractivity (Wildman–Crippen MR) is 49.6 cm³/mol. The minimum atomic E-state index is -0.120. The summed E-state index contributed by atoms with van der Waals surface area (Å²) in [7, 11) is 0. The Balaban J connectivity index is 2.96. The molecule has 0 unspecified atom stereocenters. The van der Waals surface area contributed by atoms with Crippen LogP contribution in [0.3, 0.4) is 0 Å². The van der Waals surface area contributed by atoms with Crippen molar-refractivity contribution in [2.24, 2.45) is 0 Å². The van der Waals surface area contributed by atoms with Crippen molar-refractivity contribution < 1.29 is 5.11 Å². The maximum atomic E-state index is 8.94. The van der Waals surface area contributed by atoms with Crippen molar-refractivity contribution in [3.8, 4) is 0 Å². The van der Waals surface area contributed by atoms with Gasteiger partial charge in [-0.15, -0.1) is 0 Å². The van der Waals surface area contributed by atoms with E-state index in [4.69, 9.17) is 5.11 Å². The third-order valence-corrected chi connectivity index (χ3v) is 1.65. The molecule has 11 heavy (non-hydrogen) atoms. The summed E-state index contributed by atoms with van der Waals surface area (Å²) in [5.74, 6) is 0. The topological polar surface area (TPSA) is 20.2 Å². The first-order chi connectivity index (χ1) is 5.27. The second-order valence-corrected chi connectivity index (χ2v) is 3.01. The highest BCUT2D eigenvalue weighted by atomic mass is 16.3. The smallest absolute Gasteiger partial charge is 0.0512 e. The van der Waals surface area contributed by atoms with Gasteiger partial charge in [-0.05, 0) is 32.6 Å². The monoisotopic (exact) mass is 156 g/mol. The molecule has 0 fully saturated rings. The number of aliphatic hydroxyl groups excluding tert-OH is 1. The van der Waals surface area contributed by atoms with Crippen LogP contribution >= 0.6 is 0 Å². The highest BCUT2D eigenvalue weighted by molar-refractivity contribution is 4.79. The fourth-order valence-corrected chi connectivity index (χ4v) is 0.986. The molecule has 0 amide bonds. The van der Waals surface area contributed by atoms with Crippen LogP contribution in [-0.2, 0) is 0 Å². The number of aliphatic hydroxyl groups is 1. The number of rotatable bonds is 6. The molecular weight excluding hydrogens is 136 g/mol. The van der Waals surface area contributed by atoms with Gasteiger partial charge in [0, 0.05) is 0 Å². The van der Waals surface area contributed by atoms with Crippen molar-refractivity contribution in [1.82, 2.24) is 0 Å². The SMILES string of the molecule is CC/C=C/CCCC[C@H](C)O. The zero-order chi connectivity index (χ0) is 8.53. The second kappa shape index (κ2) is 7.80. The van der Waals surface area contributed by atoms with Crippen LogP contribution in [0.1, 0.15) is 46.0 Å². The van der Waals surface area contributed by atoms with Gasteiger partial charge in [-0.3, -0.25) is 0 Å². The minimum absolute atomic E-state index is 0.120. The summed E-state index contributed by atoms with van der Waals surface area (Å²) in [6.07, 6.45) is 9.90. The Morgan fingerprint density at radius 1 is 1.27 bits per heavy atom. The molecule has 0 aliphatic heterocycles. The van der Waals surface area contributed by atoms with Gasteiger partial charge < -0.3 is 5.11 Å². The van der Waals surface area contributed by atoms with E-state index < -0.39 is 0 Å². The van der Waals surface area contributed by atoms with Gasteiger partial charge in [-0.25, -0.2) is 0 Å². The maximum absolute atomic E-state index is 8.94. The van der Waals surface area contributed by atoms with Crippen LogP contribution in [0.2, 0.25) is 0 Å². The number of hydrogen-bond acceptors (Lipinski definition) is 1. The number of unbranched alkanes of at least 4 members (excludes halogenated alkanes) is 2. The summed E-state index contributed by atoms with van der Waals surface area (Å²) in [6, 6.07) is 0. The van der Waals surface area contributed by atoms with Crippen molar-refractivity contribution in [1.29, 1.82) is 0 Å². The van der Waals surface area contributed by atoms with Gasteiger partial charge in [-0.1, -0.05) is 25.5 Å². The van der Waals surface area contributed by atoms with E-state index in [-0.39, 0.29) is 6.10 Å². The van der Waals surface area contributed by atoms with Gasteiger partial charge in [0.05, 0.1) is 6.10 Å². The van der Waals surface area contributed by atoms with Crippen molar-refractivity contribution in [3.63, 3.8) is 0 Å². The predicted octanol–water partition coefficient (Wildman–Crippen LogP) is 2.89. The Morgan fingerprint density at radius 3 is 2.55 bits per heavy atom. The first kappa shape index (κ1) is 10.7. The highest BCUT2D eigenvalue weighted by Crippen LogP contribution is 2.03. The van der Waals surface area contributed by atoms with Crippen LogP contribution < -0.4 is 0 Å². The van der Waals surface area contributed by atoms with Crippen molar-refractivity contribution in [3.05, 3.63) is 12.2 Å². The van der Waals surface area contributed by atoms with Gasteiger partial charge in [0.2, 0.25) is 0 Å². The van der Waals surface area contributed by atoms with Gasteiger partial charge >= 0.3 is 0 Å². The molecule has 0 aromatic heterocycles. The summed E-state index contributed by atoms with van der Waals surface area (Å²) in [4.78, 5) is 0. The normalized spacial score (nSPS) is 14.1. The van der Waals surface area contributed by atoms with E-state index in [0.29, 0.717) is 0 Å². The lowest BCUT2D eigenvalue weighted by Gasteiger charge is -2.00. The summed E-state index contributed by atoms with van der Waals surface area (Å²) >= 11 is 0. The van der Waals surface area contributed by atoms with E-state index in [1.807, 2.05) is 6.92 Å². The van der Waals surface area contributed by atoms with Crippen LogP contribution in [0.5, 0.6) is 0 Å². The number of hydrogen-bond donors (Lipinski definition) is 1. The molecular formula is C10H20O. The summed E-state index contributed by atoms with van der Waals surface area (Å²) in [5.41, 5.74) is 0. The molecule has 1 N–H and O–H groups in total. The fraction of sp³-hybridized carbons (Fsp3) is 0.800. The first-order valence-corrected chi connectivity index (χ1v) is 4.60. The molecule has 0 aliphatic carbocycles. The van der Waals surface area contributed by atoms with Crippen molar-refractivity contribution in [2.75, 3.05) is 0 Å². The zero-order valence-corrected chi connectivity index (χ0v) is 7.71. The maximum Gasteiger partial charge on any atom is 0.0512 e. The zero-order valence-electron chi connectivity index (χ0n) is 7.71. The van der Waals surface area contributed by atoms with E-state index >= 15 is 0 Å². The lowest BCUT2D eigenvalue weighted by molar-refractivity contribution is 0.181.